The average Bonchev–Trinajstić information content (AvgIpc) is 2.81. The second-order valence-corrected chi connectivity index (χ2v) is 7.99. The van der Waals surface area contributed by atoms with Gasteiger partial charge in [0.2, 0.25) is 5.91 Å². The van der Waals surface area contributed by atoms with Gasteiger partial charge in [0.25, 0.3) is 0 Å². The van der Waals surface area contributed by atoms with E-state index in [1.165, 1.54) is 11.1 Å². The van der Waals surface area contributed by atoms with Crippen LogP contribution < -0.4 is 5.32 Å². The first kappa shape index (κ1) is 20.3. The van der Waals surface area contributed by atoms with Gasteiger partial charge in [-0.15, -0.1) is 0 Å². The Morgan fingerprint density at radius 2 is 1.53 bits per heavy atom. The van der Waals surface area contributed by atoms with Crippen molar-refractivity contribution >= 4 is 5.91 Å². The number of carbonyl (C=O) groups is 1. The van der Waals surface area contributed by atoms with E-state index in [4.69, 9.17) is 4.74 Å². The van der Waals surface area contributed by atoms with Crippen molar-refractivity contribution in [2.45, 2.75) is 25.7 Å². The molecule has 0 atom stereocenters. The zero-order valence-corrected chi connectivity index (χ0v) is 17.2. The topological polar surface area (TPSA) is 51.2 Å². The molecule has 4 heteroatoms. The molecule has 1 N–H and O–H groups in total. The summed E-state index contributed by atoms with van der Waals surface area (Å²) in [6.45, 7) is 1.94. The fourth-order valence-corrected chi connectivity index (χ4v) is 4.15. The van der Waals surface area contributed by atoms with E-state index >= 15 is 0 Å². The molecular formula is C26H28N2O2. The maximum Gasteiger partial charge on any atom is 0.226 e. The first-order chi connectivity index (χ1) is 14.8. The molecule has 1 aliphatic heterocycles. The zero-order valence-electron chi connectivity index (χ0n) is 17.2. The van der Waals surface area contributed by atoms with Gasteiger partial charge >= 0.3 is 0 Å². The van der Waals surface area contributed by atoms with Crippen molar-refractivity contribution in [1.29, 1.82) is 0 Å². The summed E-state index contributed by atoms with van der Waals surface area (Å²) >= 11 is 0. The van der Waals surface area contributed by atoms with Gasteiger partial charge in [-0.05, 0) is 60.1 Å². The molecule has 3 aromatic rings. The molecule has 2 aromatic carbocycles. The molecule has 4 rings (SSSR count). The molecule has 2 heterocycles. The van der Waals surface area contributed by atoms with Gasteiger partial charge in [0.05, 0.1) is 5.41 Å². The van der Waals surface area contributed by atoms with Gasteiger partial charge in [-0.1, -0.05) is 54.6 Å². The Morgan fingerprint density at radius 1 is 0.867 bits per heavy atom. The Morgan fingerprint density at radius 3 is 2.23 bits per heavy atom. The summed E-state index contributed by atoms with van der Waals surface area (Å²) in [4.78, 5) is 17.3. The van der Waals surface area contributed by atoms with Crippen molar-refractivity contribution in [1.82, 2.24) is 10.3 Å². The van der Waals surface area contributed by atoms with Crippen molar-refractivity contribution in [3.63, 3.8) is 0 Å². The number of hydrogen-bond donors (Lipinski definition) is 1. The summed E-state index contributed by atoms with van der Waals surface area (Å²) in [7, 11) is 0. The van der Waals surface area contributed by atoms with E-state index in [0.29, 0.717) is 19.8 Å². The van der Waals surface area contributed by atoms with Crippen LogP contribution in [0.2, 0.25) is 0 Å². The third-order valence-electron chi connectivity index (χ3n) is 5.98. The van der Waals surface area contributed by atoms with E-state index in [1.807, 2.05) is 30.3 Å². The molecule has 1 aliphatic rings. The van der Waals surface area contributed by atoms with E-state index in [0.717, 1.165) is 36.8 Å². The molecule has 30 heavy (non-hydrogen) atoms. The number of amides is 1. The molecule has 0 spiro atoms. The lowest BCUT2D eigenvalue weighted by Crippen LogP contribution is -2.46. The number of nitrogens with one attached hydrogen (secondary N) is 1. The summed E-state index contributed by atoms with van der Waals surface area (Å²) in [5.74, 6) is 0.153. The highest BCUT2D eigenvalue weighted by Crippen LogP contribution is 2.35. The predicted octanol–water partition coefficient (Wildman–Crippen LogP) is 4.45. The molecule has 1 aromatic heterocycles. The summed E-state index contributed by atoms with van der Waals surface area (Å²) in [6.07, 6.45) is 6.72. The molecule has 0 aliphatic carbocycles. The molecule has 1 fully saturated rings. The maximum atomic E-state index is 13.2. The number of benzene rings is 2. The minimum atomic E-state index is -0.396. The Labute approximate surface area is 178 Å². The molecule has 1 amide bonds. The molecule has 1 saturated heterocycles. The van der Waals surface area contributed by atoms with Gasteiger partial charge in [0, 0.05) is 32.2 Å². The van der Waals surface area contributed by atoms with Crippen LogP contribution in [0.5, 0.6) is 0 Å². The predicted molar refractivity (Wildman–Crippen MR) is 119 cm³/mol. The lowest BCUT2D eigenvalue weighted by atomic mass is 9.74. The monoisotopic (exact) mass is 400 g/mol. The van der Waals surface area contributed by atoms with Crippen molar-refractivity contribution < 1.29 is 9.53 Å². The van der Waals surface area contributed by atoms with E-state index < -0.39 is 5.41 Å². The number of pyridine rings is 1. The van der Waals surface area contributed by atoms with Gasteiger partial charge in [0.1, 0.15) is 0 Å². The second kappa shape index (κ2) is 9.68. The average molecular weight is 401 g/mol. The van der Waals surface area contributed by atoms with Crippen LogP contribution in [0.15, 0.2) is 79.1 Å². The first-order valence-corrected chi connectivity index (χ1v) is 10.6. The number of carbonyl (C=O) groups excluding carboxylic acids is 1. The quantitative estimate of drug-likeness (QED) is 0.638. The van der Waals surface area contributed by atoms with Crippen LogP contribution in [0, 0.1) is 5.41 Å². The molecule has 0 bridgehead atoms. The molecule has 4 nitrogen and oxygen atoms in total. The van der Waals surface area contributed by atoms with Crippen molar-refractivity contribution in [3.05, 3.63) is 90.3 Å². The van der Waals surface area contributed by atoms with E-state index in [9.17, 15) is 4.79 Å². The van der Waals surface area contributed by atoms with Crippen LogP contribution in [0.3, 0.4) is 0 Å². The van der Waals surface area contributed by atoms with Crippen molar-refractivity contribution in [3.8, 4) is 11.1 Å². The lowest BCUT2D eigenvalue weighted by Gasteiger charge is -2.36. The highest BCUT2D eigenvalue weighted by molar-refractivity contribution is 5.83. The smallest absolute Gasteiger partial charge is 0.226 e. The first-order valence-electron chi connectivity index (χ1n) is 10.6. The van der Waals surface area contributed by atoms with E-state index in [-0.39, 0.29) is 5.91 Å². The molecule has 0 unspecified atom stereocenters. The van der Waals surface area contributed by atoms with Crippen LogP contribution >= 0.6 is 0 Å². The molecule has 0 radical (unpaired) electrons. The largest absolute Gasteiger partial charge is 0.381 e. The summed E-state index contributed by atoms with van der Waals surface area (Å²) in [5.41, 5.74) is 4.34. The van der Waals surface area contributed by atoms with Gasteiger partial charge in [-0.25, -0.2) is 0 Å². The number of nitrogens with zero attached hydrogens (tertiary/aromatic N) is 1. The summed E-state index contributed by atoms with van der Waals surface area (Å²) < 4.78 is 5.58. The Bertz CT molecular complexity index is 934. The minimum Gasteiger partial charge on any atom is -0.381 e. The number of aromatic nitrogens is 1. The lowest BCUT2D eigenvalue weighted by molar-refractivity contribution is -0.136. The van der Waals surface area contributed by atoms with Gasteiger partial charge in [-0.2, -0.15) is 0 Å². The van der Waals surface area contributed by atoms with E-state index in [1.54, 1.807) is 12.4 Å². The molecular weight excluding hydrogens is 372 g/mol. The Hall–Kier alpha value is -2.98. The highest BCUT2D eigenvalue weighted by atomic mass is 16.5. The van der Waals surface area contributed by atoms with Gasteiger partial charge in [-0.3, -0.25) is 9.78 Å². The second-order valence-electron chi connectivity index (χ2n) is 7.99. The van der Waals surface area contributed by atoms with Crippen LogP contribution in [0.4, 0.5) is 0 Å². The number of rotatable bonds is 7. The highest BCUT2D eigenvalue weighted by Gasteiger charge is 2.39. The van der Waals surface area contributed by atoms with Crippen LogP contribution in [-0.4, -0.2) is 30.6 Å². The van der Waals surface area contributed by atoms with Crippen LogP contribution in [-0.2, 0) is 22.4 Å². The standard InChI is InChI=1S/C26H28N2O2/c29-25(28-17-10-21-4-2-1-3-5-21)26(13-18-30-19-14-26)20-22-6-8-23(9-7-22)24-11-15-27-16-12-24/h1-9,11-12,15-16H,10,13-14,17-20H2,(H,28,29). The SMILES string of the molecule is O=C(NCCc1ccccc1)C1(Cc2ccc(-c3ccncc3)cc2)CCOCC1. The molecule has 154 valence electrons. The Balaban J connectivity index is 1.43. The van der Waals surface area contributed by atoms with Crippen molar-refractivity contribution in [2.75, 3.05) is 19.8 Å². The van der Waals surface area contributed by atoms with Gasteiger partial charge < -0.3 is 10.1 Å². The fraction of sp³-hybridized carbons (Fsp3) is 0.308. The van der Waals surface area contributed by atoms with Gasteiger partial charge in [0.15, 0.2) is 0 Å². The summed E-state index contributed by atoms with van der Waals surface area (Å²) in [5, 5.41) is 3.20. The maximum absolute atomic E-state index is 13.2. The summed E-state index contributed by atoms with van der Waals surface area (Å²) in [6, 6.07) is 22.8. The van der Waals surface area contributed by atoms with Crippen molar-refractivity contribution in [2.24, 2.45) is 5.41 Å². The van der Waals surface area contributed by atoms with E-state index in [2.05, 4.69) is 46.7 Å². The molecule has 0 saturated carbocycles. The normalized spacial score (nSPS) is 15.5. The number of hydrogen-bond acceptors (Lipinski definition) is 3. The Kier molecular flexibility index (Phi) is 6.55. The zero-order chi connectivity index (χ0) is 20.7. The third-order valence-corrected chi connectivity index (χ3v) is 5.98. The fourth-order valence-electron chi connectivity index (χ4n) is 4.15. The van der Waals surface area contributed by atoms with Crippen LogP contribution in [0.1, 0.15) is 24.0 Å². The third kappa shape index (κ3) is 4.95. The van der Waals surface area contributed by atoms with Crippen LogP contribution in [0.25, 0.3) is 11.1 Å². The number of ether oxygens (including phenoxy) is 1. The minimum absolute atomic E-state index is 0.153.